The van der Waals surface area contributed by atoms with Crippen molar-refractivity contribution in [3.8, 4) is 11.5 Å². The summed E-state index contributed by atoms with van der Waals surface area (Å²) in [6.45, 7) is 0. The van der Waals surface area contributed by atoms with Gasteiger partial charge in [-0.25, -0.2) is 4.79 Å². The van der Waals surface area contributed by atoms with E-state index in [1.165, 1.54) is 21.3 Å². The number of carbonyl (C=O) groups excluding carboxylic acids is 2. The van der Waals surface area contributed by atoms with Crippen LogP contribution in [0.1, 0.15) is 30.7 Å². The van der Waals surface area contributed by atoms with Crippen molar-refractivity contribution in [2.75, 3.05) is 21.3 Å². The van der Waals surface area contributed by atoms with Crippen molar-refractivity contribution in [3.05, 3.63) is 45.5 Å². The molecule has 8 heteroatoms. The van der Waals surface area contributed by atoms with Gasteiger partial charge in [0, 0.05) is 29.5 Å². The predicted octanol–water partition coefficient (Wildman–Crippen LogP) is 2.82. The number of nitrogens with two attached hydrogens (primary N) is 1. The third kappa shape index (κ3) is 3.23. The van der Waals surface area contributed by atoms with Crippen LogP contribution in [0.3, 0.4) is 0 Å². The third-order valence-electron chi connectivity index (χ3n) is 4.70. The summed E-state index contributed by atoms with van der Waals surface area (Å²) >= 11 is 6.48. The fourth-order valence-electron chi connectivity index (χ4n) is 3.47. The molecule has 144 valence electrons. The van der Waals surface area contributed by atoms with E-state index in [0.29, 0.717) is 52.7 Å². The average Bonchev–Trinajstić information content (AvgIpc) is 2.66. The van der Waals surface area contributed by atoms with E-state index in [9.17, 15) is 9.59 Å². The summed E-state index contributed by atoms with van der Waals surface area (Å²) in [6.07, 6.45) is 1.57. The van der Waals surface area contributed by atoms with E-state index in [1.807, 2.05) is 0 Å². The highest BCUT2D eigenvalue weighted by molar-refractivity contribution is 6.32. The molecule has 0 fully saturated rings. The highest BCUT2D eigenvalue weighted by Gasteiger charge is 2.42. The largest absolute Gasteiger partial charge is 0.493 e. The number of halogens is 1. The van der Waals surface area contributed by atoms with Gasteiger partial charge in [0.1, 0.15) is 11.3 Å². The third-order valence-corrected chi connectivity index (χ3v) is 5.03. The molecule has 3 rings (SSSR count). The van der Waals surface area contributed by atoms with Crippen molar-refractivity contribution >= 4 is 23.4 Å². The van der Waals surface area contributed by atoms with Gasteiger partial charge in [0.05, 0.1) is 27.2 Å². The maximum absolute atomic E-state index is 12.7. The standard InChI is InChI=1S/C19H20ClNO6/c1-24-13-7-9(10(20)8-14(13)25-2)15-16-11(22)5-4-6-12(16)27-18(21)17(15)19(23)26-3/h7-8,15H,4-6,21H2,1-3H3/t15-/m0/s1. The fourth-order valence-corrected chi connectivity index (χ4v) is 3.73. The van der Waals surface area contributed by atoms with E-state index >= 15 is 0 Å². The summed E-state index contributed by atoms with van der Waals surface area (Å²) in [5.74, 6) is -0.385. The minimum Gasteiger partial charge on any atom is -0.493 e. The van der Waals surface area contributed by atoms with Gasteiger partial charge in [0.2, 0.25) is 5.88 Å². The second-order valence-electron chi connectivity index (χ2n) is 6.15. The summed E-state index contributed by atoms with van der Waals surface area (Å²) in [5.41, 5.74) is 6.94. The number of hydrogen-bond donors (Lipinski definition) is 1. The number of Topliss-reactive ketones (excluding diaryl/α,β-unsaturated/α-hetero) is 1. The first kappa shape index (κ1) is 19.1. The van der Waals surface area contributed by atoms with Gasteiger partial charge in [0.25, 0.3) is 0 Å². The number of ether oxygens (including phenoxy) is 4. The molecule has 0 saturated heterocycles. The molecule has 1 aromatic rings. The van der Waals surface area contributed by atoms with E-state index < -0.39 is 11.9 Å². The molecule has 1 heterocycles. The molecule has 1 atom stereocenters. The Hall–Kier alpha value is -2.67. The minimum absolute atomic E-state index is 0.0422. The first-order valence-electron chi connectivity index (χ1n) is 8.36. The van der Waals surface area contributed by atoms with Crippen LogP contribution in [0.25, 0.3) is 0 Å². The zero-order valence-corrected chi connectivity index (χ0v) is 16.0. The number of benzene rings is 1. The topological polar surface area (TPSA) is 97.1 Å². The molecule has 0 bridgehead atoms. The van der Waals surface area contributed by atoms with Crippen LogP contribution in [-0.4, -0.2) is 33.1 Å². The second-order valence-corrected chi connectivity index (χ2v) is 6.55. The van der Waals surface area contributed by atoms with Crippen molar-refractivity contribution in [1.82, 2.24) is 0 Å². The number of hydrogen-bond acceptors (Lipinski definition) is 7. The van der Waals surface area contributed by atoms with Gasteiger partial charge in [-0.1, -0.05) is 11.6 Å². The maximum Gasteiger partial charge on any atom is 0.340 e. The van der Waals surface area contributed by atoms with Gasteiger partial charge in [-0.15, -0.1) is 0 Å². The monoisotopic (exact) mass is 393 g/mol. The Morgan fingerprint density at radius 1 is 1.19 bits per heavy atom. The number of allylic oxidation sites excluding steroid dienone is 2. The van der Waals surface area contributed by atoms with Crippen molar-refractivity contribution in [2.45, 2.75) is 25.2 Å². The minimum atomic E-state index is -0.804. The number of carbonyl (C=O) groups is 2. The lowest BCUT2D eigenvalue weighted by molar-refractivity contribution is -0.136. The zero-order chi connectivity index (χ0) is 19.7. The lowest BCUT2D eigenvalue weighted by Crippen LogP contribution is -2.31. The van der Waals surface area contributed by atoms with Crippen molar-refractivity contribution in [1.29, 1.82) is 0 Å². The number of esters is 1. The van der Waals surface area contributed by atoms with Gasteiger partial charge in [-0.2, -0.15) is 0 Å². The Morgan fingerprint density at radius 2 is 1.85 bits per heavy atom. The molecule has 7 nitrogen and oxygen atoms in total. The highest BCUT2D eigenvalue weighted by Crippen LogP contribution is 2.48. The Bertz CT molecular complexity index is 873. The molecule has 0 aromatic heterocycles. The summed E-state index contributed by atoms with van der Waals surface area (Å²) in [6, 6.07) is 3.21. The number of rotatable bonds is 4. The van der Waals surface area contributed by atoms with Crippen LogP contribution in [0.2, 0.25) is 5.02 Å². The van der Waals surface area contributed by atoms with Crippen molar-refractivity contribution < 1.29 is 28.5 Å². The second kappa shape index (κ2) is 7.52. The maximum atomic E-state index is 12.7. The van der Waals surface area contributed by atoms with Gasteiger partial charge in [-0.05, 0) is 18.1 Å². The molecule has 0 amide bonds. The van der Waals surface area contributed by atoms with E-state index in [4.69, 9.17) is 36.3 Å². The number of ketones is 1. The molecule has 0 spiro atoms. The molecule has 1 aliphatic carbocycles. The van der Waals surface area contributed by atoms with E-state index in [2.05, 4.69) is 0 Å². The predicted molar refractivity (Wildman–Crippen MR) is 97.5 cm³/mol. The van der Waals surface area contributed by atoms with Gasteiger partial charge < -0.3 is 24.7 Å². The Balaban J connectivity index is 2.27. The van der Waals surface area contributed by atoms with Crippen molar-refractivity contribution in [2.24, 2.45) is 5.73 Å². The van der Waals surface area contributed by atoms with E-state index in [-0.39, 0.29) is 17.2 Å². The molecule has 0 unspecified atom stereocenters. The van der Waals surface area contributed by atoms with Gasteiger partial charge in [0.15, 0.2) is 17.3 Å². The lowest BCUT2D eigenvalue weighted by atomic mass is 9.77. The molecule has 2 N–H and O–H groups in total. The average molecular weight is 394 g/mol. The Kier molecular flexibility index (Phi) is 5.32. The Morgan fingerprint density at radius 3 is 2.48 bits per heavy atom. The summed E-state index contributed by atoms with van der Waals surface area (Å²) in [4.78, 5) is 25.2. The first-order chi connectivity index (χ1) is 12.9. The molecule has 1 aromatic carbocycles. The van der Waals surface area contributed by atoms with Crippen molar-refractivity contribution in [3.63, 3.8) is 0 Å². The molecular formula is C19H20ClNO6. The summed E-state index contributed by atoms with van der Waals surface area (Å²) in [7, 11) is 4.22. The molecule has 1 aliphatic heterocycles. The fraction of sp³-hybridized carbons (Fsp3) is 0.368. The molecule has 2 aliphatic rings. The SMILES string of the molecule is COC(=O)C1=C(N)OC2=C(C(=O)CCC2)[C@@H]1c1cc(OC)c(OC)cc1Cl. The smallest absolute Gasteiger partial charge is 0.340 e. The first-order valence-corrected chi connectivity index (χ1v) is 8.74. The normalized spacial score (nSPS) is 19.4. The molecule has 27 heavy (non-hydrogen) atoms. The van der Waals surface area contributed by atoms with Crippen LogP contribution in [0.15, 0.2) is 34.9 Å². The van der Waals surface area contributed by atoms with Crippen LogP contribution < -0.4 is 15.2 Å². The quantitative estimate of drug-likeness (QED) is 0.785. The van der Waals surface area contributed by atoms with Crippen LogP contribution in [-0.2, 0) is 19.1 Å². The molecule has 0 saturated carbocycles. The summed E-state index contributed by atoms with van der Waals surface area (Å²) < 4.78 is 21.1. The van der Waals surface area contributed by atoms with E-state index in [1.54, 1.807) is 12.1 Å². The molecule has 0 radical (unpaired) electrons. The van der Waals surface area contributed by atoms with Crippen LogP contribution in [0.5, 0.6) is 11.5 Å². The lowest BCUT2D eigenvalue weighted by Gasteiger charge is -2.32. The van der Waals surface area contributed by atoms with Gasteiger partial charge in [-0.3, -0.25) is 4.79 Å². The molecular weight excluding hydrogens is 374 g/mol. The van der Waals surface area contributed by atoms with Crippen LogP contribution in [0, 0.1) is 0 Å². The number of methoxy groups -OCH3 is 3. The Labute approximate surface area is 161 Å². The van der Waals surface area contributed by atoms with Crippen LogP contribution >= 0.6 is 11.6 Å². The van der Waals surface area contributed by atoms with E-state index in [0.717, 1.165) is 0 Å². The highest BCUT2D eigenvalue weighted by atomic mass is 35.5. The zero-order valence-electron chi connectivity index (χ0n) is 15.3. The van der Waals surface area contributed by atoms with Crippen LogP contribution in [0.4, 0.5) is 0 Å². The van der Waals surface area contributed by atoms with Gasteiger partial charge >= 0.3 is 5.97 Å². The summed E-state index contributed by atoms with van der Waals surface area (Å²) in [5, 5.41) is 0.305.